The molecule has 0 spiro atoms. The van der Waals surface area contributed by atoms with E-state index in [1.54, 1.807) is 7.05 Å². The van der Waals surface area contributed by atoms with E-state index in [4.69, 9.17) is 20.7 Å². The number of unbranched alkanes of at least 4 members (excludes halogenated alkanes) is 1. The summed E-state index contributed by atoms with van der Waals surface area (Å²) in [6.07, 6.45) is 9.09. The number of nitrogens with one attached hydrogen (secondary N) is 1. The van der Waals surface area contributed by atoms with Gasteiger partial charge in [-0.15, -0.1) is 5.10 Å². The second-order valence-electron chi connectivity index (χ2n) is 8.09. The Hall–Kier alpha value is -2.81. The highest BCUT2D eigenvalue weighted by atomic mass is 16.5. The monoisotopic (exact) mass is 429 g/mol. The highest BCUT2D eigenvalue weighted by Crippen LogP contribution is 2.26. The first-order valence-electron chi connectivity index (χ1n) is 11.2. The number of nitrogens with zero attached hydrogens (tertiary/aromatic N) is 4. The Morgan fingerprint density at radius 2 is 2.03 bits per heavy atom. The molecule has 9 heteroatoms. The molecule has 0 atom stereocenters. The number of likely N-dealkylation sites (N-methyl/N-ethyl adjacent to an activating group) is 1. The van der Waals surface area contributed by atoms with Gasteiger partial charge in [0.05, 0.1) is 35.4 Å². The molecule has 170 valence electrons. The van der Waals surface area contributed by atoms with Crippen molar-refractivity contribution >= 4 is 11.7 Å². The molecule has 1 aliphatic rings. The van der Waals surface area contributed by atoms with Gasteiger partial charge in [0.25, 0.3) is 0 Å². The van der Waals surface area contributed by atoms with Crippen LogP contribution in [-0.2, 0) is 6.42 Å². The van der Waals surface area contributed by atoms with E-state index in [0.29, 0.717) is 35.5 Å². The lowest BCUT2D eigenvalue weighted by molar-refractivity contribution is 0.153. The first kappa shape index (κ1) is 22.9. The standard InChI is InChI=1S/C22H35N7O2/c1-4-5-11-20-27-28-22(31-20)25-14-18(29(3)24)21(23)17-12-13-19(15(2)26-17)30-16-9-7-6-8-10-16/h12-13,16H,4-11,14,23-24H2,1-3H3,(H,25,28)/b21-18-. The number of hydrogen-bond acceptors (Lipinski definition) is 9. The van der Waals surface area contributed by atoms with E-state index in [2.05, 4.69) is 27.4 Å². The number of aromatic nitrogens is 3. The number of rotatable bonds is 10. The van der Waals surface area contributed by atoms with Crippen molar-refractivity contribution in [3.8, 4) is 5.75 Å². The molecule has 1 saturated carbocycles. The van der Waals surface area contributed by atoms with Crippen LogP contribution in [-0.4, -0.2) is 39.9 Å². The minimum absolute atomic E-state index is 0.277. The van der Waals surface area contributed by atoms with Gasteiger partial charge < -0.3 is 25.2 Å². The van der Waals surface area contributed by atoms with Crippen molar-refractivity contribution in [2.45, 2.75) is 71.3 Å². The number of ether oxygens (including phenoxy) is 1. The highest BCUT2D eigenvalue weighted by Gasteiger charge is 2.18. The van der Waals surface area contributed by atoms with Gasteiger partial charge in [-0.25, -0.2) is 10.8 Å². The summed E-state index contributed by atoms with van der Waals surface area (Å²) in [6.45, 7) is 4.39. The van der Waals surface area contributed by atoms with Crippen LogP contribution >= 0.6 is 0 Å². The Bertz CT molecular complexity index is 872. The minimum atomic E-state index is 0.277. The molecule has 0 aliphatic heterocycles. The molecule has 31 heavy (non-hydrogen) atoms. The van der Waals surface area contributed by atoms with Crippen molar-refractivity contribution in [3.63, 3.8) is 0 Å². The lowest BCUT2D eigenvalue weighted by Crippen LogP contribution is -2.32. The number of hydrogen-bond donors (Lipinski definition) is 3. The number of pyridine rings is 1. The van der Waals surface area contributed by atoms with Crippen molar-refractivity contribution < 1.29 is 9.15 Å². The molecule has 9 nitrogen and oxygen atoms in total. The van der Waals surface area contributed by atoms with Crippen LogP contribution in [0.2, 0.25) is 0 Å². The molecule has 2 aromatic heterocycles. The summed E-state index contributed by atoms with van der Waals surface area (Å²) in [5.74, 6) is 7.47. The average molecular weight is 430 g/mol. The Labute approximate surface area is 184 Å². The lowest BCUT2D eigenvalue weighted by Gasteiger charge is -2.24. The SMILES string of the molecule is CCCCc1nnc(NC/C(=C(/N)c2ccc(OC3CCCCC3)c(C)n2)N(C)N)o1. The topological polar surface area (TPSA) is 128 Å². The summed E-state index contributed by atoms with van der Waals surface area (Å²) >= 11 is 0. The molecular formula is C22H35N7O2. The quantitative estimate of drug-likeness (QED) is 0.384. The Morgan fingerprint density at radius 1 is 1.26 bits per heavy atom. The number of hydrazine groups is 1. The molecule has 0 amide bonds. The fourth-order valence-electron chi connectivity index (χ4n) is 3.66. The Balaban J connectivity index is 1.69. The van der Waals surface area contributed by atoms with Crippen molar-refractivity contribution in [2.75, 3.05) is 18.9 Å². The average Bonchev–Trinajstić information content (AvgIpc) is 3.22. The van der Waals surface area contributed by atoms with E-state index < -0.39 is 0 Å². The largest absolute Gasteiger partial charge is 0.489 e. The summed E-state index contributed by atoms with van der Waals surface area (Å²) in [4.78, 5) is 4.67. The molecule has 0 unspecified atom stereocenters. The molecule has 2 aromatic rings. The molecule has 0 bridgehead atoms. The van der Waals surface area contributed by atoms with E-state index in [-0.39, 0.29) is 6.10 Å². The van der Waals surface area contributed by atoms with Gasteiger partial charge >= 0.3 is 6.01 Å². The van der Waals surface area contributed by atoms with Gasteiger partial charge in [-0.05, 0) is 51.2 Å². The van der Waals surface area contributed by atoms with Crippen LogP contribution in [0.25, 0.3) is 5.70 Å². The van der Waals surface area contributed by atoms with Gasteiger partial charge in [-0.1, -0.05) is 24.9 Å². The molecule has 0 saturated heterocycles. The summed E-state index contributed by atoms with van der Waals surface area (Å²) in [6, 6.07) is 4.16. The van der Waals surface area contributed by atoms with Crippen LogP contribution in [0.15, 0.2) is 22.2 Å². The fourth-order valence-corrected chi connectivity index (χ4v) is 3.66. The van der Waals surface area contributed by atoms with E-state index in [0.717, 1.165) is 43.5 Å². The number of anilines is 1. The zero-order valence-corrected chi connectivity index (χ0v) is 18.9. The molecule has 3 rings (SSSR count). The third-order valence-corrected chi connectivity index (χ3v) is 5.51. The van der Waals surface area contributed by atoms with E-state index >= 15 is 0 Å². The maximum atomic E-state index is 6.43. The van der Waals surface area contributed by atoms with Gasteiger partial charge in [-0.2, -0.15) is 0 Å². The first-order chi connectivity index (χ1) is 15.0. The van der Waals surface area contributed by atoms with Crippen molar-refractivity contribution in [2.24, 2.45) is 11.6 Å². The Morgan fingerprint density at radius 3 is 2.71 bits per heavy atom. The first-order valence-corrected chi connectivity index (χ1v) is 11.2. The van der Waals surface area contributed by atoms with Crippen LogP contribution < -0.4 is 21.6 Å². The van der Waals surface area contributed by atoms with Gasteiger partial charge in [0, 0.05) is 13.5 Å². The van der Waals surface area contributed by atoms with Crippen LogP contribution in [0.4, 0.5) is 6.01 Å². The Kier molecular flexibility index (Phi) is 8.11. The zero-order valence-electron chi connectivity index (χ0n) is 18.9. The third kappa shape index (κ3) is 6.33. The molecular weight excluding hydrogens is 394 g/mol. The maximum Gasteiger partial charge on any atom is 0.315 e. The van der Waals surface area contributed by atoms with Gasteiger partial charge in [0.1, 0.15) is 5.75 Å². The van der Waals surface area contributed by atoms with Crippen molar-refractivity contribution in [3.05, 3.63) is 35.1 Å². The smallest absolute Gasteiger partial charge is 0.315 e. The molecule has 0 radical (unpaired) electrons. The van der Waals surface area contributed by atoms with Gasteiger partial charge in [0.15, 0.2) is 0 Å². The summed E-state index contributed by atoms with van der Waals surface area (Å²) < 4.78 is 11.8. The summed E-state index contributed by atoms with van der Waals surface area (Å²) in [5.41, 5.74) is 9.04. The summed E-state index contributed by atoms with van der Waals surface area (Å²) in [7, 11) is 1.73. The maximum absolute atomic E-state index is 6.43. The van der Waals surface area contributed by atoms with Crippen LogP contribution in [0, 0.1) is 6.92 Å². The van der Waals surface area contributed by atoms with Crippen molar-refractivity contribution in [1.29, 1.82) is 0 Å². The van der Waals surface area contributed by atoms with Crippen LogP contribution in [0.5, 0.6) is 5.75 Å². The highest BCUT2D eigenvalue weighted by molar-refractivity contribution is 5.64. The van der Waals surface area contributed by atoms with E-state index in [9.17, 15) is 0 Å². The fraction of sp³-hybridized carbons (Fsp3) is 0.591. The molecule has 1 aliphatic carbocycles. The van der Waals surface area contributed by atoms with E-state index in [1.165, 1.54) is 24.3 Å². The van der Waals surface area contributed by atoms with Crippen molar-refractivity contribution in [1.82, 2.24) is 20.2 Å². The van der Waals surface area contributed by atoms with Gasteiger partial charge in [-0.3, -0.25) is 0 Å². The molecule has 5 N–H and O–H groups in total. The number of nitrogens with two attached hydrogens (primary N) is 2. The van der Waals surface area contributed by atoms with Crippen LogP contribution in [0.3, 0.4) is 0 Å². The second kappa shape index (κ2) is 11.0. The minimum Gasteiger partial charge on any atom is -0.489 e. The second-order valence-corrected chi connectivity index (χ2v) is 8.09. The van der Waals surface area contributed by atoms with E-state index in [1.807, 2.05) is 19.1 Å². The zero-order chi connectivity index (χ0) is 22.2. The third-order valence-electron chi connectivity index (χ3n) is 5.51. The number of aryl methyl sites for hydroxylation is 2. The van der Waals surface area contributed by atoms with Gasteiger partial charge in [0.2, 0.25) is 5.89 Å². The lowest BCUT2D eigenvalue weighted by atomic mass is 9.98. The normalized spacial score (nSPS) is 15.5. The molecule has 1 fully saturated rings. The molecule has 0 aromatic carbocycles. The summed E-state index contributed by atoms with van der Waals surface area (Å²) in [5, 5.41) is 12.7. The predicted octanol–water partition coefficient (Wildman–Crippen LogP) is 3.37. The predicted molar refractivity (Wildman–Crippen MR) is 121 cm³/mol. The molecule has 2 heterocycles. The van der Waals surface area contributed by atoms with Crippen LogP contribution in [0.1, 0.15) is 69.1 Å².